The van der Waals surface area contributed by atoms with Gasteiger partial charge in [-0.05, 0) is 38.6 Å². The number of nitrogens with zero attached hydrogens (tertiary/aromatic N) is 1. The van der Waals surface area contributed by atoms with Crippen molar-refractivity contribution in [2.45, 2.75) is 45.1 Å². The van der Waals surface area contributed by atoms with Crippen LogP contribution in [0.4, 0.5) is 0 Å². The second-order valence-electron chi connectivity index (χ2n) is 5.31. The molecule has 0 aromatic heterocycles. The zero-order valence-corrected chi connectivity index (χ0v) is 10.5. The fraction of sp³-hybridized carbons (Fsp3) is 0.846. The Morgan fingerprint density at radius 2 is 2.41 bits per heavy atom. The van der Waals surface area contributed by atoms with Gasteiger partial charge in [0.2, 0.25) is 5.91 Å². The third-order valence-electron chi connectivity index (χ3n) is 4.40. The van der Waals surface area contributed by atoms with Crippen molar-refractivity contribution >= 4 is 5.91 Å². The van der Waals surface area contributed by atoms with Gasteiger partial charge in [0, 0.05) is 12.6 Å². The number of nitrogens with one attached hydrogen (secondary N) is 2. The maximum absolute atomic E-state index is 12.4. The Hall–Kier alpha value is -1.08. The van der Waals surface area contributed by atoms with E-state index in [-0.39, 0.29) is 23.3 Å². The summed E-state index contributed by atoms with van der Waals surface area (Å²) in [5.41, 5.74) is -0.234. The molecule has 0 aromatic carbocycles. The highest BCUT2D eigenvalue weighted by Gasteiger charge is 2.41. The molecule has 3 unspecified atom stereocenters. The van der Waals surface area contributed by atoms with Gasteiger partial charge in [0.05, 0.1) is 17.4 Å². The van der Waals surface area contributed by atoms with E-state index in [1.807, 2.05) is 0 Å². The first-order chi connectivity index (χ1) is 8.22. The molecule has 94 valence electrons. The molecule has 3 atom stereocenters. The van der Waals surface area contributed by atoms with Crippen LogP contribution in [0.25, 0.3) is 0 Å². The Balaban J connectivity index is 1.99. The summed E-state index contributed by atoms with van der Waals surface area (Å²) in [5.74, 6) is 0.166. The molecule has 0 bridgehead atoms. The molecule has 4 nitrogen and oxygen atoms in total. The predicted octanol–water partition coefficient (Wildman–Crippen LogP) is 1.18. The second kappa shape index (κ2) is 5.05. The lowest BCUT2D eigenvalue weighted by Gasteiger charge is -2.28. The zero-order chi connectivity index (χ0) is 12.3. The molecule has 4 heteroatoms. The highest BCUT2D eigenvalue weighted by atomic mass is 16.2. The molecular weight excluding hydrogens is 214 g/mol. The van der Waals surface area contributed by atoms with E-state index in [0.29, 0.717) is 0 Å². The second-order valence-corrected chi connectivity index (χ2v) is 5.31. The van der Waals surface area contributed by atoms with Crippen molar-refractivity contribution in [1.82, 2.24) is 10.6 Å². The SMILES string of the molecule is CCC1(C(=O)NC2CCCC2C#N)CCNC1. The van der Waals surface area contributed by atoms with Crippen LogP contribution in [0.3, 0.4) is 0 Å². The average molecular weight is 235 g/mol. The van der Waals surface area contributed by atoms with E-state index in [2.05, 4.69) is 23.6 Å². The van der Waals surface area contributed by atoms with E-state index in [4.69, 9.17) is 5.26 Å². The molecule has 1 amide bonds. The van der Waals surface area contributed by atoms with Crippen molar-refractivity contribution in [3.8, 4) is 6.07 Å². The molecule has 2 aliphatic rings. The molecular formula is C13H21N3O. The summed E-state index contributed by atoms with van der Waals surface area (Å²) in [7, 11) is 0. The highest BCUT2D eigenvalue weighted by molar-refractivity contribution is 5.83. The van der Waals surface area contributed by atoms with E-state index >= 15 is 0 Å². The quantitative estimate of drug-likeness (QED) is 0.772. The summed E-state index contributed by atoms with van der Waals surface area (Å²) in [6.07, 6.45) is 4.73. The van der Waals surface area contributed by atoms with Gasteiger partial charge in [-0.2, -0.15) is 5.26 Å². The van der Waals surface area contributed by atoms with E-state index in [1.165, 1.54) is 0 Å². The van der Waals surface area contributed by atoms with Gasteiger partial charge >= 0.3 is 0 Å². The fourth-order valence-electron chi connectivity index (χ4n) is 3.01. The van der Waals surface area contributed by atoms with Crippen LogP contribution in [0.15, 0.2) is 0 Å². The van der Waals surface area contributed by atoms with Crippen LogP contribution in [0.5, 0.6) is 0 Å². The van der Waals surface area contributed by atoms with Crippen molar-refractivity contribution in [1.29, 1.82) is 5.26 Å². The van der Waals surface area contributed by atoms with Crippen molar-refractivity contribution in [2.24, 2.45) is 11.3 Å². The molecule has 2 rings (SSSR count). The number of hydrogen-bond donors (Lipinski definition) is 2. The first-order valence-electron chi connectivity index (χ1n) is 6.63. The van der Waals surface area contributed by atoms with Crippen LogP contribution in [-0.2, 0) is 4.79 Å². The Morgan fingerprint density at radius 3 is 3.00 bits per heavy atom. The number of carbonyl (C=O) groups is 1. The summed E-state index contributed by atoms with van der Waals surface area (Å²) < 4.78 is 0. The van der Waals surface area contributed by atoms with Crippen molar-refractivity contribution < 1.29 is 4.79 Å². The molecule has 1 saturated heterocycles. The Morgan fingerprint density at radius 1 is 1.59 bits per heavy atom. The van der Waals surface area contributed by atoms with Crippen LogP contribution in [0, 0.1) is 22.7 Å². The third kappa shape index (κ3) is 2.30. The molecule has 2 N–H and O–H groups in total. The largest absolute Gasteiger partial charge is 0.352 e. The van der Waals surface area contributed by atoms with Crippen LogP contribution >= 0.6 is 0 Å². The van der Waals surface area contributed by atoms with Crippen LogP contribution in [-0.4, -0.2) is 25.0 Å². The molecule has 2 fully saturated rings. The maximum Gasteiger partial charge on any atom is 0.227 e. The normalized spacial score (nSPS) is 36.7. The number of rotatable bonds is 3. The highest BCUT2D eigenvalue weighted by Crippen LogP contribution is 2.31. The zero-order valence-electron chi connectivity index (χ0n) is 10.5. The van der Waals surface area contributed by atoms with Crippen molar-refractivity contribution in [3.05, 3.63) is 0 Å². The first-order valence-corrected chi connectivity index (χ1v) is 6.63. The van der Waals surface area contributed by atoms with E-state index in [0.717, 1.165) is 45.2 Å². The minimum Gasteiger partial charge on any atom is -0.352 e. The lowest BCUT2D eigenvalue weighted by molar-refractivity contribution is -0.131. The van der Waals surface area contributed by atoms with Gasteiger partial charge in [-0.25, -0.2) is 0 Å². The van der Waals surface area contributed by atoms with Gasteiger partial charge in [-0.15, -0.1) is 0 Å². The van der Waals surface area contributed by atoms with Gasteiger partial charge in [0.15, 0.2) is 0 Å². The number of carbonyl (C=O) groups excluding carboxylic acids is 1. The number of nitriles is 1. The monoisotopic (exact) mass is 235 g/mol. The summed E-state index contributed by atoms with van der Waals surface area (Å²) in [6.45, 7) is 3.77. The molecule has 1 aliphatic heterocycles. The third-order valence-corrected chi connectivity index (χ3v) is 4.40. The Labute approximate surface area is 103 Å². The van der Waals surface area contributed by atoms with Crippen molar-refractivity contribution in [2.75, 3.05) is 13.1 Å². The van der Waals surface area contributed by atoms with Gasteiger partial charge in [0.25, 0.3) is 0 Å². The smallest absolute Gasteiger partial charge is 0.227 e. The molecule has 0 radical (unpaired) electrons. The van der Waals surface area contributed by atoms with Gasteiger partial charge in [0.1, 0.15) is 0 Å². The minimum atomic E-state index is -0.234. The van der Waals surface area contributed by atoms with Gasteiger partial charge < -0.3 is 10.6 Å². The van der Waals surface area contributed by atoms with Crippen molar-refractivity contribution in [3.63, 3.8) is 0 Å². The predicted molar refractivity (Wildman–Crippen MR) is 65.1 cm³/mol. The van der Waals surface area contributed by atoms with E-state index in [1.54, 1.807) is 0 Å². The lowest BCUT2D eigenvalue weighted by atomic mass is 9.83. The van der Waals surface area contributed by atoms with Crippen LogP contribution < -0.4 is 10.6 Å². The summed E-state index contributed by atoms with van der Waals surface area (Å²) in [5, 5.41) is 15.4. The molecule has 1 heterocycles. The van der Waals surface area contributed by atoms with E-state index in [9.17, 15) is 4.79 Å². The van der Waals surface area contributed by atoms with E-state index < -0.39 is 0 Å². The Bertz CT molecular complexity index is 328. The summed E-state index contributed by atoms with van der Waals surface area (Å²) in [4.78, 5) is 12.4. The number of hydrogen-bond acceptors (Lipinski definition) is 3. The molecule has 17 heavy (non-hydrogen) atoms. The first kappa shape index (κ1) is 12.4. The summed E-state index contributed by atoms with van der Waals surface area (Å²) in [6, 6.07) is 2.39. The average Bonchev–Trinajstić information content (AvgIpc) is 2.97. The standard InChI is InChI=1S/C13H21N3O/c1-2-13(6-7-15-9-13)12(17)16-11-5-3-4-10(11)8-14/h10-11,15H,2-7,9H2,1H3,(H,16,17). The maximum atomic E-state index is 12.4. The summed E-state index contributed by atoms with van der Waals surface area (Å²) >= 11 is 0. The van der Waals surface area contributed by atoms with Crippen LogP contribution in [0.2, 0.25) is 0 Å². The number of amides is 1. The lowest BCUT2D eigenvalue weighted by Crippen LogP contribution is -2.47. The molecule has 0 spiro atoms. The van der Waals surface area contributed by atoms with Crippen LogP contribution in [0.1, 0.15) is 39.0 Å². The Kier molecular flexibility index (Phi) is 3.68. The minimum absolute atomic E-state index is 0.0159. The van der Waals surface area contributed by atoms with Gasteiger partial charge in [-0.3, -0.25) is 4.79 Å². The molecule has 0 aromatic rings. The fourth-order valence-corrected chi connectivity index (χ4v) is 3.01. The topological polar surface area (TPSA) is 64.9 Å². The molecule has 1 saturated carbocycles. The van der Waals surface area contributed by atoms with Gasteiger partial charge in [-0.1, -0.05) is 6.92 Å². The molecule has 1 aliphatic carbocycles.